The van der Waals surface area contributed by atoms with Crippen molar-refractivity contribution in [1.29, 1.82) is 0 Å². The second-order valence-electron chi connectivity index (χ2n) is 21.7. The van der Waals surface area contributed by atoms with E-state index >= 15 is 0 Å². The van der Waals surface area contributed by atoms with E-state index in [4.69, 9.17) is 0 Å². The van der Waals surface area contributed by atoms with Crippen LogP contribution in [0.1, 0.15) is 107 Å². The molecule has 0 nitrogen and oxygen atoms in total. The van der Waals surface area contributed by atoms with Gasteiger partial charge in [0.05, 0.1) is 0 Å². The van der Waals surface area contributed by atoms with Crippen molar-refractivity contribution >= 4 is 42.8 Å². The number of benzene rings is 6. The fraction of sp³-hybridized carbons (Fsp3) is 0.310. The van der Waals surface area contributed by atoms with Crippen LogP contribution in [0, 0.1) is 38.5 Å². The zero-order chi connectivity index (χ0) is 43.3. The van der Waals surface area contributed by atoms with Gasteiger partial charge in [0.2, 0.25) is 0 Å². The van der Waals surface area contributed by atoms with Gasteiger partial charge in [-0.2, -0.15) is 0 Å². The van der Waals surface area contributed by atoms with Crippen molar-refractivity contribution in [3.63, 3.8) is 0 Å². The molecule has 0 amide bonds. The number of hydrogen-bond donors (Lipinski definition) is 0. The molecule has 8 rings (SSSR count). The quantitative estimate of drug-likeness (QED) is 0.146. The van der Waals surface area contributed by atoms with Crippen LogP contribution >= 0.6 is 24.8 Å². The Bertz CT molecular complexity index is 2630. The maximum Gasteiger partial charge on any atom is -0.147 e. The third-order valence-electron chi connectivity index (χ3n) is 14.2. The van der Waals surface area contributed by atoms with Gasteiger partial charge < -0.3 is 0 Å². The first-order chi connectivity index (χ1) is 28.1. The van der Waals surface area contributed by atoms with Crippen LogP contribution in [0.5, 0.6) is 0 Å². The van der Waals surface area contributed by atoms with Crippen LogP contribution in [-0.2, 0) is 17.4 Å². The van der Waals surface area contributed by atoms with Gasteiger partial charge in [0.25, 0.3) is 0 Å². The second kappa shape index (κ2) is 16.8. The van der Waals surface area contributed by atoms with Crippen LogP contribution in [0.4, 0.5) is 0 Å². The Morgan fingerprint density at radius 1 is 0.371 bits per heavy atom. The van der Waals surface area contributed by atoms with E-state index in [9.17, 15) is 0 Å². The molecule has 2 atom stereocenters. The summed E-state index contributed by atoms with van der Waals surface area (Å²) in [5.41, 5.74) is 28.3. The number of rotatable bonds is 6. The Kier molecular flexibility index (Phi) is 13.0. The second-order valence-corrected chi connectivity index (χ2v) is 52.2. The Hall–Kier alpha value is -3.52. The molecular formula is C58H68Cl2SiZr. The minimum Gasteiger partial charge on any atom is -0.147 e. The van der Waals surface area contributed by atoms with Crippen molar-refractivity contribution in [1.82, 2.24) is 0 Å². The molecule has 4 heteroatoms. The Morgan fingerprint density at radius 3 is 0.839 bits per heavy atom. The largest absolute Gasteiger partial charge is 0.147 e. The number of halogens is 2. The molecule has 0 radical (unpaired) electrons. The van der Waals surface area contributed by atoms with Gasteiger partial charge in [0.1, 0.15) is 0 Å². The fourth-order valence-electron chi connectivity index (χ4n) is 11.6. The van der Waals surface area contributed by atoms with Crippen molar-refractivity contribution < 1.29 is 17.4 Å². The monoisotopic (exact) mass is 952 g/mol. The average molecular weight is 955 g/mol. The van der Waals surface area contributed by atoms with Crippen molar-refractivity contribution in [3.8, 4) is 44.5 Å². The summed E-state index contributed by atoms with van der Waals surface area (Å²) >= 11 is -4.38. The number of fused-ring (bicyclic) bond motifs is 2. The van der Waals surface area contributed by atoms with E-state index in [2.05, 4.69) is 221 Å². The molecule has 62 heavy (non-hydrogen) atoms. The minimum absolute atomic E-state index is 0. The zero-order valence-corrected chi connectivity index (χ0v) is 45.2. The maximum atomic E-state index is 2.87. The van der Waals surface area contributed by atoms with Crippen molar-refractivity contribution in [2.75, 3.05) is 0 Å². The van der Waals surface area contributed by atoms with E-state index in [-0.39, 0.29) is 35.6 Å². The van der Waals surface area contributed by atoms with Crippen LogP contribution in [0.15, 0.2) is 132 Å². The molecule has 2 aliphatic rings. The van der Waals surface area contributed by atoms with Gasteiger partial charge in [-0.15, -0.1) is 24.8 Å². The topological polar surface area (TPSA) is 0 Å². The van der Waals surface area contributed by atoms with Crippen molar-refractivity contribution in [2.24, 2.45) is 10.8 Å². The standard InChI is InChI=1S/2C28H29.2CH3.2ClH.H2Si.Zr/c2*1-18-7-11-21(12-8-18)23-15-16-24(22-13-9-19(2)10-14-22)27-20(3)26(17-25(23)27)28(4,5)6;;;;;;/h2*7-17H,1-6H3;2*1H3;2*1H;1H2;. The fourth-order valence-corrected chi connectivity index (χ4v) is 31.2. The van der Waals surface area contributed by atoms with Crippen molar-refractivity contribution in [3.05, 3.63) is 177 Å². The summed E-state index contributed by atoms with van der Waals surface area (Å²) in [6.07, 6.45) is 0. The third-order valence-corrected chi connectivity index (χ3v) is 31.2. The molecule has 6 aromatic rings. The van der Waals surface area contributed by atoms with Crippen LogP contribution in [0.25, 0.3) is 55.7 Å². The molecule has 322 valence electrons. The molecule has 0 fully saturated rings. The van der Waals surface area contributed by atoms with E-state index in [0.717, 1.165) is 0 Å². The SMILES string of the molecule is CC1=C(C(C)(C)C)[CH]([Zr]([CH3])([CH3])(=[SiH2])[CH]2C(C(C)(C)C)=C(C)c3c(-c4ccc(C)cc4)ccc(-c4ccc(C)cc4)c32)c2c(-c3ccc(C)cc3)ccc(-c3ccc(C)cc3)c21.Cl.Cl. The molecule has 0 aliphatic heterocycles. The summed E-state index contributed by atoms with van der Waals surface area (Å²) in [5.74, 6) is 0. The molecule has 0 bridgehead atoms. The van der Waals surface area contributed by atoms with E-state index in [1.165, 1.54) is 89.0 Å². The van der Waals surface area contributed by atoms with E-state index < -0.39 is 17.4 Å². The number of aryl methyl sites for hydroxylation is 4. The predicted octanol–water partition coefficient (Wildman–Crippen LogP) is 17.2. The van der Waals surface area contributed by atoms with Gasteiger partial charge in [0.15, 0.2) is 0 Å². The van der Waals surface area contributed by atoms with E-state index in [0.29, 0.717) is 7.25 Å². The molecule has 0 saturated heterocycles. The molecule has 0 saturated carbocycles. The normalized spacial score (nSPS) is 16.5. The van der Waals surface area contributed by atoms with Gasteiger partial charge in [-0.3, -0.25) is 0 Å². The van der Waals surface area contributed by atoms with Gasteiger partial charge in [0, 0.05) is 0 Å². The van der Waals surface area contributed by atoms with E-state index in [1.54, 1.807) is 22.3 Å². The first kappa shape index (κ1) is 47.9. The van der Waals surface area contributed by atoms with Gasteiger partial charge in [-0.1, -0.05) is 0 Å². The molecule has 6 aromatic carbocycles. The summed E-state index contributed by atoms with van der Waals surface area (Å²) in [5, 5.41) is 0. The average Bonchev–Trinajstić information content (AvgIpc) is 3.70. The first-order valence-electron chi connectivity index (χ1n) is 22.2. The number of hydrogen-bond acceptors (Lipinski definition) is 0. The summed E-state index contributed by atoms with van der Waals surface area (Å²) < 4.78 is 6.37. The molecule has 2 unspecified atom stereocenters. The molecular weight excluding hydrogens is 887 g/mol. The van der Waals surface area contributed by atoms with Gasteiger partial charge in [-0.05, 0) is 0 Å². The molecule has 2 aliphatic carbocycles. The van der Waals surface area contributed by atoms with Gasteiger partial charge >= 0.3 is 367 Å². The Balaban J connectivity index is 0.00000321. The van der Waals surface area contributed by atoms with Crippen LogP contribution in [0.2, 0.25) is 9.26 Å². The third kappa shape index (κ3) is 8.10. The first-order valence-corrected chi connectivity index (χ1v) is 35.9. The van der Waals surface area contributed by atoms with Crippen LogP contribution in [-0.4, -0.2) is 6.88 Å². The van der Waals surface area contributed by atoms with Crippen molar-refractivity contribution in [2.45, 2.75) is 99.6 Å². The van der Waals surface area contributed by atoms with E-state index in [1.807, 2.05) is 0 Å². The molecule has 0 N–H and O–H groups in total. The smallest absolute Gasteiger partial charge is 0.147 e. The summed E-state index contributed by atoms with van der Waals surface area (Å²) in [6, 6.07) is 47.1. The molecule has 0 heterocycles. The van der Waals surface area contributed by atoms with Crippen LogP contribution < -0.4 is 0 Å². The summed E-state index contributed by atoms with van der Waals surface area (Å²) in [4.78, 5) is 0. The maximum absolute atomic E-state index is 4.38. The molecule has 0 spiro atoms. The zero-order valence-electron chi connectivity index (χ0n) is 39.7. The van der Waals surface area contributed by atoms with Crippen LogP contribution in [0.3, 0.4) is 0 Å². The summed E-state index contributed by atoms with van der Waals surface area (Å²) in [7, 11) is 0. The molecule has 0 aromatic heterocycles. The number of allylic oxidation sites excluding steroid dienone is 4. The summed E-state index contributed by atoms with van der Waals surface area (Å²) in [6.45, 7) is 31.3. The minimum atomic E-state index is -4.38. The Morgan fingerprint density at radius 2 is 0.597 bits per heavy atom. The van der Waals surface area contributed by atoms with Gasteiger partial charge in [-0.25, -0.2) is 0 Å². The predicted molar refractivity (Wildman–Crippen MR) is 278 cm³/mol. The Labute approximate surface area is 389 Å².